The smallest absolute Gasteiger partial charge is 0.261 e. The van der Waals surface area contributed by atoms with Gasteiger partial charge in [0, 0.05) is 65.0 Å². The van der Waals surface area contributed by atoms with Crippen molar-refractivity contribution in [1.82, 2.24) is 4.90 Å². The standard InChI is InChI=1S/C33H30FN3O3/c1-22-9-3-4-12-25(22)31(38)36(24-11-7-10-23(34)21-24)19-20-37-32(39)27-14-8-13-26-29(35-17-5-2-6-18-35)16-15-28(30(26)27)33(37)40/h3-4,7-16,21H,2,5-6,17-20H2,1H3. The number of hydrogen-bond donors (Lipinski definition) is 0. The molecule has 2 heterocycles. The minimum atomic E-state index is -0.477. The van der Waals surface area contributed by atoms with Crippen LogP contribution in [0, 0.1) is 12.7 Å². The highest BCUT2D eigenvalue weighted by atomic mass is 19.1. The van der Waals surface area contributed by atoms with Gasteiger partial charge in [0.25, 0.3) is 17.7 Å². The van der Waals surface area contributed by atoms with E-state index < -0.39 is 5.82 Å². The molecule has 4 aromatic carbocycles. The number of halogens is 1. The molecule has 3 amide bonds. The molecular weight excluding hydrogens is 505 g/mol. The van der Waals surface area contributed by atoms with Crippen molar-refractivity contribution >= 4 is 39.9 Å². The minimum absolute atomic E-state index is 0.0191. The largest absolute Gasteiger partial charge is 0.371 e. The lowest BCUT2D eigenvalue weighted by Gasteiger charge is -2.33. The predicted molar refractivity (Wildman–Crippen MR) is 155 cm³/mol. The summed E-state index contributed by atoms with van der Waals surface area (Å²) in [5.74, 6) is -1.58. The maximum absolute atomic E-state index is 14.2. The van der Waals surface area contributed by atoms with Gasteiger partial charge < -0.3 is 9.80 Å². The second-order valence-corrected chi connectivity index (χ2v) is 10.4. The second-order valence-electron chi connectivity index (χ2n) is 10.4. The Morgan fingerprint density at radius 1 is 0.850 bits per heavy atom. The number of hydrogen-bond acceptors (Lipinski definition) is 4. The van der Waals surface area contributed by atoms with E-state index in [1.165, 1.54) is 34.4 Å². The molecule has 2 aliphatic rings. The van der Waals surface area contributed by atoms with Gasteiger partial charge >= 0.3 is 0 Å². The molecule has 1 fully saturated rings. The molecule has 7 heteroatoms. The minimum Gasteiger partial charge on any atom is -0.371 e. The van der Waals surface area contributed by atoms with E-state index >= 15 is 0 Å². The summed E-state index contributed by atoms with van der Waals surface area (Å²) < 4.78 is 14.2. The Hall–Kier alpha value is -4.52. The number of carbonyl (C=O) groups is 3. The zero-order chi connectivity index (χ0) is 27.8. The van der Waals surface area contributed by atoms with Crippen LogP contribution in [0.15, 0.2) is 78.9 Å². The second kappa shape index (κ2) is 10.6. The van der Waals surface area contributed by atoms with E-state index in [9.17, 15) is 18.8 Å². The Kier molecular flexibility index (Phi) is 6.80. The number of nitrogens with zero attached hydrogens (tertiary/aromatic N) is 3. The van der Waals surface area contributed by atoms with Crippen molar-refractivity contribution in [1.29, 1.82) is 0 Å². The topological polar surface area (TPSA) is 60.9 Å². The summed E-state index contributed by atoms with van der Waals surface area (Å²) in [6.45, 7) is 3.74. The van der Waals surface area contributed by atoms with Gasteiger partial charge in [-0.3, -0.25) is 19.3 Å². The molecule has 0 N–H and O–H groups in total. The van der Waals surface area contributed by atoms with Crippen molar-refractivity contribution in [2.75, 3.05) is 36.0 Å². The first kappa shape index (κ1) is 25.7. The lowest BCUT2D eigenvalue weighted by Crippen LogP contribution is -2.46. The van der Waals surface area contributed by atoms with Crippen molar-refractivity contribution in [3.8, 4) is 0 Å². The van der Waals surface area contributed by atoms with Crippen LogP contribution in [0.3, 0.4) is 0 Å². The normalized spacial score (nSPS) is 15.1. The first-order valence-electron chi connectivity index (χ1n) is 13.7. The molecule has 6 nitrogen and oxygen atoms in total. The predicted octanol–water partition coefficient (Wildman–Crippen LogP) is 6.22. The molecule has 40 heavy (non-hydrogen) atoms. The molecule has 0 atom stereocenters. The van der Waals surface area contributed by atoms with Gasteiger partial charge in [0.15, 0.2) is 0 Å². The summed E-state index contributed by atoms with van der Waals surface area (Å²) in [5.41, 5.74) is 3.63. The fourth-order valence-corrected chi connectivity index (χ4v) is 5.89. The Bertz CT molecular complexity index is 1620. The average molecular weight is 536 g/mol. The highest BCUT2D eigenvalue weighted by Crippen LogP contribution is 2.37. The highest BCUT2D eigenvalue weighted by molar-refractivity contribution is 6.26. The Morgan fingerprint density at radius 3 is 2.33 bits per heavy atom. The van der Waals surface area contributed by atoms with Crippen LogP contribution in [0.1, 0.15) is 55.9 Å². The molecule has 4 aromatic rings. The molecule has 0 bridgehead atoms. The van der Waals surface area contributed by atoms with Crippen LogP contribution in [0.25, 0.3) is 10.8 Å². The zero-order valence-corrected chi connectivity index (χ0v) is 22.4. The van der Waals surface area contributed by atoms with Crippen molar-refractivity contribution in [3.05, 3.63) is 107 Å². The molecule has 1 saturated heterocycles. The molecule has 202 valence electrons. The quantitative estimate of drug-likeness (QED) is 0.275. The lowest BCUT2D eigenvalue weighted by molar-refractivity contribution is 0.0611. The van der Waals surface area contributed by atoms with Crippen LogP contribution in [-0.4, -0.2) is 48.8 Å². The van der Waals surface area contributed by atoms with Gasteiger partial charge in [-0.15, -0.1) is 0 Å². The maximum atomic E-state index is 14.2. The summed E-state index contributed by atoms with van der Waals surface area (Å²) in [5, 5.41) is 1.60. The molecule has 0 unspecified atom stereocenters. The number of imide groups is 1. The summed E-state index contributed by atoms with van der Waals surface area (Å²) in [6.07, 6.45) is 3.46. The van der Waals surface area contributed by atoms with E-state index in [0.717, 1.165) is 42.6 Å². The fraction of sp³-hybridized carbons (Fsp3) is 0.242. The molecule has 2 aliphatic heterocycles. The van der Waals surface area contributed by atoms with E-state index in [1.807, 2.05) is 43.3 Å². The van der Waals surface area contributed by atoms with E-state index in [-0.39, 0.29) is 30.8 Å². The summed E-state index contributed by atoms with van der Waals surface area (Å²) in [6, 6.07) is 22.4. The number of benzene rings is 4. The first-order valence-corrected chi connectivity index (χ1v) is 13.7. The number of anilines is 2. The van der Waals surface area contributed by atoms with Crippen LogP contribution < -0.4 is 9.80 Å². The number of carbonyl (C=O) groups excluding carboxylic acids is 3. The van der Waals surface area contributed by atoms with Gasteiger partial charge in [-0.1, -0.05) is 36.4 Å². The molecule has 0 aliphatic carbocycles. The molecule has 0 radical (unpaired) electrons. The van der Waals surface area contributed by atoms with Crippen molar-refractivity contribution in [3.63, 3.8) is 0 Å². The monoisotopic (exact) mass is 535 g/mol. The van der Waals surface area contributed by atoms with Gasteiger partial charge in [0.05, 0.1) is 0 Å². The molecule has 0 aromatic heterocycles. The molecular formula is C33H30FN3O3. The Balaban J connectivity index is 1.33. The van der Waals surface area contributed by atoms with E-state index in [4.69, 9.17) is 0 Å². The van der Waals surface area contributed by atoms with Crippen molar-refractivity contribution in [2.45, 2.75) is 26.2 Å². The van der Waals surface area contributed by atoms with Gasteiger partial charge in [0.1, 0.15) is 5.82 Å². The van der Waals surface area contributed by atoms with Crippen LogP contribution in [0.2, 0.25) is 0 Å². The van der Waals surface area contributed by atoms with Crippen molar-refractivity contribution < 1.29 is 18.8 Å². The van der Waals surface area contributed by atoms with Gasteiger partial charge in [-0.25, -0.2) is 4.39 Å². The van der Waals surface area contributed by atoms with Crippen LogP contribution in [0.5, 0.6) is 0 Å². The third-order valence-corrected chi connectivity index (χ3v) is 7.95. The lowest BCUT2D eigenvalue weighted by atomic mass is 9.92. The van der Waals surface area contributed by atoms with Gasteiger partial charge in [0.2, 0.25) is 0 Å². The number of piperidine rings is 1. The molecule has 6 rings (SSSR count). The molecule has 0 spiro atoms. The number of rotatable bonds is 6. The first-order chi connectivity index (χ1) is 19.4. The van der Waals surface area contributed by atoms with Crippen LogP contribution >= 0.6 is 0 Å². The SMILES string of the molecule is Cc1ccccc1C(=O)N(CCN1C(=O)c2cccc3c(N4CCCCC4)ccc(c23)C1=O)c1cccc(F)c1. The third-order valence-electron chi connectivity index (χ3n) is 7.95. The summed E-state index contributed by atoms with van der Waals surface area (Å²) in [7, 11) is 0. The van der Waals surface area contributed by atoms with E-state index in [1.54, 1.807) is 24.3 Å². The number of amides is 3. The van der Waals surface area contributed by atoms with Crippen LogP contribution in [-0.2, 0) is 0 Å². The highest BCUT2D eigenvalue weighted by Gasteiger charge is 2.34. The van der Waals surface area contributed by atoms with Crippen molar-refractivity contribution in [2.24, 2.45) is 0 Å². The molecule has 0 saturated carbocycles. The van der Waals surface area contributed by atoms with Gasteiger partial charge in [-0.2, -0.15) is 0 Å². The summed E-state index contributed by atoms with van der Waals surface area (Å²) >= 11 is 0. The van der Waals surface area contributed by atoms with E-state index in [0.29, 0.717) is 27.8 Å². The summed E-state index contributed by atoms with van der Waals surface area (Å²) in [4.78, 5) is 46.1. The third kappa shape index (κ3) is 4.51. The Labute approximate surface area is 232 Å². The van der Waals surface area contributed by atoms with E-state index in [2.05, 4.69) is 4.90 Å². The fourth-order valence-electron chi connectivity index (χ4n) is 5.89. The Morgan fingerprint density at radius 2 is 1.57 bits per heavy atom. The van der Waals surface area contributed by atoms with Gasteiger partial charge in [-0.05, 0) is 74.2 Å². The average Bonchev–Trinajstić information content (AvgIpc) is 2.98. The van der Waals surface area contributed by atoms with Crippen LogP contribution in [0.4, 0.5) is 15.8 Å². The zero-order valence-electron chi connectivity index (χ0n) is 22.4. The number of aryl methyl sites for hydroxylation is 1. The maximum Gasteiger partial charge on any atom is 0.261 e.